The summed E-state index contributed by atoms with van der Waals surface area (Å²) in [5.41, 5.74) is -0.741. The van der Waals surface area contributed by atoms with Crippen LogP contribution in [-0.2, 0) is 0 Å². The van der Waals surface area contributed by atoms with Gasteiger partial charge in [-0.3, -0.25) is 4.98 Å². The fraction of sp³-hybridized carbons (Fsp3) is 0.167. The lowest BCUT2D eigenvalue weighted by Crippen LogP contribution is -2.34. The van der Waals surface area contributed by atoms with Gasteiger partial charge in [0.2, 0.25) is 0 Å². The van der Waals surface area contributed by atoms with E-state index in [9.17, 15) is 12.9 Å². The summed E-state index contributed by atoms with van der Waals surface area (Å²) in [5, 5.41) is 0. The molecule has 1 rings (SSSR count). The van der Waals surface area contributed by atoms with E-state index < -0.39 is 12.4 Å². The number of rotatable bonds is 2. The maximum absolute atomic E-state index is 12.1. The van der Waals surface area contributed by atoms with E-state index in [0.717, 1.165) is 12.3 Å². The molecule has 12 heavy (non-hydrogen) atoms. The van der Waals surface area contributed by atoms with E-state index in [1.165, 1.54) is 13.3 Å². The molecular formula is C6H6BF3NO-. The molecule has 0 atom stereocenters. The van der Waals surface area contributed by atoms with Crippen LogP contribution < -0.4 is 10.2 Å². The van der Waals surface area contributed by atoms with Gasteiger partial charge in [-0.25, -0.2) is 0 Å². The fourth-order valence-electron chi connectivity index (χ4n) is 0.726. The maximum atomic E-state index is 12.1. The third kappa shape index (κ3) is 1.90. The van der Waals surface area contributed by atoms with E-state index >= 15 is 0 Å². The van der Waals surface area contributed by atoms with E-state index in [0.29, 0.717) is 0 Å². The number of methoxy groups -OCH3 is 1. The molecule has 2 nitrogen and oxygen atoms in total. The second-order valence-corrected chi connectivity index (χ2v) is 2.23. The van der Waals surface area contributed by atoms with Crippen molar-refractivity contribution in [2.45, 2.75) is 0 Å². The Morgan fingerprint density at radius 3 is 2.50 bits per heavy atom. The van der Waals surface area contributed by atoms with Crippen molar-refractivity contribution in [1.82, 2.24) is 4.98 Å². The minimum atomic E-state index is -4.97. The molecule has 0 radical (unpaired) electrons. The number of hydrogen-bond donors (Lipinski definition) is 0. The molecule has 0 saturated carbocycles. The van der Waals surface area contributed by atoms with Gasteiger partial charge >= 0.3 is 6.98 Å². The van der Waals surface area contributed by atoms with Crippen LogP contribution in [0, 0.1) is 0 Å². The molecule has 0 unspecified atom stereocenters. The normalized spacial score (nSPS) is 11.3. The van der Waals surface area contributed by atoms with Gasteiger partial charge in [-0.15, -0.1) is 0 Å². The summed E-state index contributed by atoms with van der Waals surface area (Å²) in [4.78, 5) is 3.39. The Morgan fingerprint density at radius 2 is 2.00 bits per heavy atom. The van der Waals surface area contributed by atoms with Crippen LogP contribution in [0.15, 0.2) is 18.5 Å². The molecule has 0 spiro atoms. The number of nitrogens with zero attached hydrogens (tertiary/aromatic N) is 1. The number of ether oxygens (including phenoxy) is 1. The van der Waals surface area contributed by atoms with Crippen molar-refractivity contribution < 1.29 is 17.7 Å². The number of pyridine rings is 1. The number of aromatic nitrogens is 1. The van der Waals surface area contributed by atoms with Crippen molar-refractivity contribution in [1.29, 1.82) is 0 Å². The first-order chi connectivity index (χ1) is 5.54. The van der Waals surface area contributed by atoms with E-state index in [1.54, 1.807) is 0 Å². The van der Waals surface area contributed by atoms with Crippen molar-refractivity contribution in [3.8, 4) is 5.75 Å². The minimum absolute atomic E-state index is 0.117. The van der Waals surface area contributed by atoms with E-state index in [2.05, 4.69) is 9.72 Å². The molecule has 0 aliphatic carbocycles. The van der Waals surface area contributed by atoms with Crippen LogP contribution in [-0.4, -0.2) is 19.1 Å². The maximum Gasteiger partial charge on any atom is 0.511 e. The molecule has 0 aliphatic rings. The topological polar surface area (TPSA) is 22.1 Å². The Hall–Kier alpha value is -1.20. The monoisotopic (exact) mass is 176 g/mol. The molecule has 0 saturated heterocycles. The first kappa shape index (κ1) is 8.90. The zero-order chi connectivity index (χ0) is 9.19. The Morgan fingerprint density at radius 1 is 1.33 bits per heavy atom. The van der Waals surface area contributed by atoms with E-state index in [1.807, 2.05) is 0 Å². The molecule has 1 aromatic heterocycles. The summed E-state index contributed by atoms with van der Waals surface area (Å²) >= 11 is 0. The molecule has 0 aliphatic heterocycles. The van der Waals surface area contributed by atoms with Gasteiger partial charge in [0.1, 0.15) is 5.75 Å². The van der Waals surface area contributed by atoms with Crippen molar-refractivity contribution >= 4 is 12.4 Å². The highest BCUT2D eigenvalue weighted by molar-refractivity contribution is 6.73. The van der Waals surface area contributed by atoms with Crippen molar-refractivity contribution in [2.75, 3.05) is 7.11 Å². The Labute approximate surface area is 67.4 Å². The Bertz CT molecular complexity index is 276. The first-order valence-electron chi connectivity index (χ1n) is 3.23. The van der Waals surface area contributed by atoms with Crippen molar-refractivity contribution in [2.24, 2.45) is 0 Å². The predicted molar refractivity (Wildman–Crippen MR) is 39.5 cm³/mol. The molecule has 1 aromatic rings. The summed E-state index contributed by atoms with van der Waals surface area (Å²) in [5.74, 6) is 0.117. The van der Waals surface area contributed by atoms with Crippen LogP contribution >= 0.6 is 0 Å². The lowest BCUT2D eigenvalue weighted by Gasteiger charge is -2.14. The van der Waals surface area contributed by atoms with Crippen LogP contribution in [0.4, 0.5) is 12.9 Å². The molecule has 0 amide bonds. The first-order valence-corrected chi connectivity index (χ1v) is 3.23. The number of halogens is 3. The molecule has 0 fully saturated rings. The molecule has 6 heteroatoms. The quantitative estimate of drug-likeness (QED) is 0.630. The van der Waals surface area contributed by atoms with Crippen molar-refractivity contribution in [3.05, 3.63) is 18.5 Å². The number of hydrogen-bond acceptors (Lipinski definition) is 2. The van der Waals surface area contributed by atoms with Gasteiger partial charge in [-0.05, 0) is 6.07 Å². The highest BCUT2D eigenvalue weighted by Gasteiger charge is 2.26. The minimum Gasteiger partial charge on any atom is -0.495 e. The van der Waals surface area contributed by atoms with Gasteiger partial charge in [0, 0.05) is 6.20 Å². The summed E-state index contributed by atoms with van der Waals surface area (Å²) in [6, 6.07) is 0.924. The average molecular weight is 176 g/mol. The van der Waals surface area contributed by atoms with Crippen LogP contribution in [0.25, 0.3) is 0 Å². The Kier molecular flexibility index (Phi) is 2.26. The van der Waals surface area contributed by atoms with Gasteiger partial charge in [0.25, 0.3) is 0 Å². The lowest BCUT2D eigenvalue weighted by atomic mass is 9.81. The largest absolute Gasteiger partial charge is 0.511 e. The standard InChI is InChI=1S/C6H6BF3NO/c1-12-6-2-5(3-11-4-6)7(8,9)10/h2-4H,1H3/q-1. The van der Waals surface area contributed by atoms with Crippen LogP contribution in [0.1, 0.15) is 0 Å². The van der Waals surface area contributed by atoms with Gasteiger partial charge < -0.3 is 17.7 Å². The second-order valence-electron chi connectivity index (χ2n) is 2.23. The van der Waals surface area contributed by atoms with Crippen LogP contribution in [0.2, 0.25) is 0 Å². The predicted octanol–water partition coefficient (Wildman–Crippen LogP) is 1.14. The van der Waals surface area contributed by atoms with Crippen LogP contribution in [0.3, 0.4) is 0 Å². The van der Waals surface area contributed by atoms with E-state index in [4.69, 9.17) is 0 Å². The highest BCUT2D eigenvalue weighted by Crippen LogP contribution is 2.12. The van der Waals surface area contributed by atoms with Gasteiger partial charge in [0.15, 0.2) is 0 Å². The fourth-order valence-corrected chi connectivity index (χ4v) is 0.726. The average Bonchev–Trinajstić information content (AvgIpc) is 2.03. The van der Waals surface area contributed by atoms with Gasteiger partial charge in [-0.2, -0.15) is 0 Å². The summed E-state index contributed by atoms with van der Waals surface area (Å²) in [6.45, 7) is -4.97. The molecule has 0 aromatic carbocycles. The summed E-state index contributed by atoms with van der Waals surface area (Å²) in [6.07, 6.45) is 2.01. The summed E-state index contributed by atoms with van der Waals surface area (Å²) in [7, 11) is 1.30. The highest BCUT2D eigenvalue weighted by atomic mass is 19.4. The van der Waals surface area contributed by atoms with Crippen LogP contribution in [0.5, 0.6) is 5.75 Å². The third-order valence-electron chi connectivity index (χ3n) is 1.35. The summed E-state index contributed by atoms with van der Waals surface area (Å²) < 4.78 is 40.8. The molecule has 0 N–H and O–H groups in total. The Balaban J connectivity index is 3.02. The molecule has 66 valence electrons. The van der Waals surface area contributed by atoms with E-state index in [-0.39, 0.29) is 5.75 Å². The van der Waals surface area contributed by atoms with Gasteiger partial charge in [0.05, 0.1) is 13.3 Å². The smallest absolute Gasteiger partial charge is 0.495 e. The van der Waals surface area contributed by atoms with Gasteiger partial charge in [-0.1, -0.05) is 5.46 Å². The second kappa shape index (κ2) is 3.04. The molecule has 1 heterocycles. The molecular weight excluding hydrogens is 170 g/mol. The lowest BCUT2D eigenvalue weighted by molar-refractivity contribution is 0.412. The SMILES string of the molecule is COc1cncc([B-](F)(F)F)c1. The third-order valence-corrected chi connectivity index (χ3v) is 1.35. The van der Waals surface area contributed by atoms with Crippen molar-refractivity contribution in [3.63, 3.8) is 0 Å². The molecule has 0 bridgehead atoms. The zero-order valence-corrected chi connectivity index (χ0v) is 6.30. The zero-order valence-electron chi connectivity index (χ0n) is 6.30.